The van der Waals surface area contributed by atoms with Gasteiger partial charge in [0.15, 0.2) is 0 Å². The van der Waals surface area contributed by atoms with E-state index in [1.54, 1.807) is 6.07 Å². The third kappa shape index (κ3) is 1.98. The fourth-order valence-corrected chi connectivity index (χ4v) is 2.69. The molecular formula is C16H19N3O. The molecule has 1 heterocycles. The van der Waals surface area contributed by atoms with Crippen LogP contribution in [0.4, 0.5) is 11.4 Å². The number of phenolic OH excluding ortho intramolecular Hbond substituents is 1. The number of nitrogens with one attached hydrogen (secondary N) is 2. The predicted molar refractivity (Wildman–Crippen MR) is 81.9 cm³/mol. The molecule has 0 radical (unpaired) electrons. The Labute approximate surface area is 119 Å². The van der Waals surface area contributed by atoms with Crippen LogP contribution >= 0.6 is 0 Å². The standard InChI is InChI=1S/C16H19N3O/c1-11(17-2)19-14-9-5-4-8-13(14)18-16(19)12-7-3-6-10-15(12)20/h3-11,16-18,20H,1-2H3. The smallest absolute Gasteiger partial charge is 0.130 e. The maximum atomic E-state index is 10.1. The van der Waals surface area contributed by atoms with Crippen molar-refractivity contribution >= 4 is 11.4 Å². The largest absolute Gasteiger partial charge is 0.508 e. The molecule has 0 aliphatic carbocycles. The van der Waals surface area contributed by atoms with E-state index in [1.807, 2.05) is 37.4 Å². The summed E-state index contributed by atoms with van der Waals surface area (Å²) in [7, 11) is 1.94. The molecule has 0 fully saturated rings. The molecule has 4 heteroatoms. The van der Waals surface area contributed by atoms with Crippen LogP contribution in [0.3, 0.4) is 0 Å². The summed E-state index contributed by atoms with van der Waals surface area (Å²) in [6, 6.07) is 15.7. The molecule has 1 aliphatic heterocycles. The summed E-state index contributed by atoms with van der Waals surface area (Å²) in [6.45, 7) is 2.11. The van der Waals surface area contributed by atoms with Gasteiger partial charge in [0, 0.05) is 5.56 Å². The zero-order valence-corrected chi connectivity index (χ0v) is 11.7. The first-order chi connectivity index (χ1) is 9.72. The van der Waals surface area contributed by atoms with Crippen LogP contribution < -0.4 is 15.5 Å². The molecule has 2 aromatic rings. The lowest BCUT2D eigenvalue weighted by Crippen LogP contribution is -2.43. The topological polar surface area (TPSA) is 47.5 Å². The van der Waals surface area contributed by atoms with Crippen molar-refractivity contribution in [1.29, 1.82) is 0 Å². The molecule has 1 aliphatic rings. The Morgan fingerprint density at radius 2 is 1.85 bits per heavy atom. The maximum Gasteiger partial charge on any atom is 0.130 e. The maximum absolute atomic E-state index is 10.1. The predicted octanol–water partition coefficient (Wildman–Crippen LogP) is 2.89. The molecule has 0 amide bonds. The molecule has 0 saturated heterocycles. The van der Waals surface area contributed by atoms with Crippen molar-refractivity contribution in [3.63, 3.8) is 0 Å². The molecule has 104 valence electrons. The Kier molecular flexibility index (Phi) is 3.24. The van der Waals surface area contributed by atoms with Crippen LogP contribution in [0.2, 0.25) is 0 Å². The zero-order chi connectivity index (χ0) is 14.1. The second kappa shape index (κ2) is 5.06. The highest BCUT2D eigenvalue weighted by atomic mass is 16.3. The normalized spacial score (nSPS) is 18.5. The van der Waals surface area contributed by atoms with Crippen LogP contribution in [0.15, 0.2) is 48.5 Å². The van der Waals surface area contributed by atoms with Gasteiger partial charge < -0.3 is 20.6 Å². The summed E-state index contributed by atoms with van der Waals surface area (Å²) >= 11 is 0. The fraction of sp³-hybridized carbons (Fsp3) is 0.250. The van der Waals surface area contributed by atoms with Crippen LogP contribution in [0.1, 0.15) is 18.7 Å². The Hall–Kier alpha value is -2.20. The molecule has 0 saturated carbocycles. The summed E-state index contributed by atoms with van der Waals surface area (Å²) in [6.07, 6.45) is 0.0757. The molecule has 3 rings (SSSR count). The third-order valence-electron chi connectivity index (χ3n) is 3.82. The molecule has 2 atom stereocenters. The molecule has 0 bridgehead atoms. The van der Waals surface area contributed by atoms with Crippen molar-refractivity contribution in [2.75, 3.05) is 17.3 Å². The van der Waals surface area contributed by atoms with Crippen molar-refractivity contribution in [2.45, 2.75) is 19.3 Å². The summed E-state index contributed by atoms with van der Waals surface area (Å²) in [5, 5.41) is 16.9. The first-order valence-electron chi connectivity index (χ1n) is 6.81. The van der Waals surface area contributed by atoms with Gasteiger partial charge in [-0.25, -0.2) is 0 Å². The van der Waals surface area contributed by atoms with Crippen LogP contribution in [-0.4, -0.2) is 18.3 Å². The van der Waals surface area contributed by atoms with Gasteiger partial charge >= 0.3 is 0 Å². The minimum Gasteiger partial charge on any atom is -0.508 e. The van der Waals surface area contributed by atoms with Crippen molar-refractivity contribution < 1.29 is 5.11 Å². The second-order valence-electron chi connectivity index (χ2n) is 4.99. The van der Waals surface area contributed by atoms with E-state index < -0.39 is 0 Å². The Bertz CT molecular complexity index is 614. The monoisotopic (exact) mass is 269 g/mol. The van der Waals surface area contributed by atoms with Crippen LogP contribution in [0.5, 0.6) is 5.75 Å². The minimum absolute atomic E-state index is 0.0731. The molecule has 0 aromatic heterocycles. The van der Waals surface area contributed by atoms with E-state index in [0.717, 1.165) is 16.9 Å². The number of para-hydroxylation sites is 3. The third-order valence-corrected chi connectivity index (χ3v) is 3.82. The molecule has 20 heavy (non-hydrogen) atoms. The average Bonchev–Trinajstić information content (AvgIpc) is 2.86. The molecule has 2 aromatic carbocycles. The van der Waals surface area contributed by atoms with Crippen molar-refractivity contribution in [1.82, 2.24) is 5.32 Å². The fourth-order valence-electron chi connectivity index (χ4n) is 2.69. The molecule has 4 nitrogen and oxygen atoms in total. The van der Waals surface area contributed by atoms with Crippen molar-refractivity contribution in [2.24, 2.45) is 0 Å². The number of benzene rings is 2. The highest BCUT2D eigenvalue weighted by Crippen LogP contribution is 2.43. The van der Waals surface area contributed by atoms with Gasteiger partial charge in [0.2, 0.25) is 0 Å². The average molecular weight is 269 g/mol. The van der Waals surface area contributed by atoms with Crippen LogP contribution in [0.25, 0.3) is 0 Å². The number of phenols is 1. The number of hydrogen-bond acceptors (Lipinski definition) is 4. The molecule has 2 unspecified atom stereocenters. The highest BCUT2D eigenvalue weighted by molar-refractivity contribution is 5.77. The van der Waals surface area contributed by atoms with Crippen LogP contribution in [0, 0.1) is 0 Å². The lowest BCUT2D eigenvalue weighted by atomic mass is 10.1. The van der Waals surface area contributed by atoms with Gasteiger partial charge in [0.25, 0.3) is 0 Å². The first kappa shape index (κ1) is 12.8. The van der Waals surface area contributed by atoms with E-state index in [1.165, 1.54) is 0 Å². The van der Waals surface area contributed by atoms with E-state index >= 15 is 0 Å². The van der Waals surface area contributed by atoms with Crippen molar-refractivity contribution in [3.8, 4) is 5.75 Å². The summed E-state index contributed by atoms with van der Waals surface area (Å²) < 4.78 is 0. The summed E-state index contributed by atoms with van der Waals surface area (Å²) in [5.41, 5.74) is 3.11. The number of anilines is 2. The lowest BCUT2D eigenvalue weighted by Gasteiger charge is -2.33. The number of nitrogens with zero attached hydrogens (tertiary/aromatic N) is 1. The summed E-state index contributed by atoms with van der Waals surface area (Å²) in [4.78, 5) is 2.24. The Morgan fingerprint density at radius 1 is 1.15 bits per heavy atom. The SMILES string of the molecule is CNC(C)N1c2ccccc2NC1c1ccccc1O. The highest BCUT2D eigenvalue weighted by Gasteiger charge is 2.33. The lowest BCUT2D eigenvalue weighted by molar-refractivity contribution is 0.455. The van der Waals surface area contributed by atoms with Gasteiger partial charge in [-0.3, -0.25) is 0 Å². The summed E-state index contributed by atoms with van der Waals surface area (Å²) in [5.74, 6) is 0.311. The Balaban J connectivity index is 2.06. The van der Waals surface area contributed by atoms with Gasteiger partial charge in [-0.15, -0.1) is 0 Å². The number of fused-ring (bicyclic) bond motifs is 1. The van der Waals surface area contributed by atoms with E-state index in [9.17, 15) is 5.11 Å². The van der Waals surface area contributed by atoms with Gasteiger partial charge in [-0.05, 0) is 32.2 Å². The Morgan fingerprint density at radius 3 is 2.60 bits per heavy atom. The zero-order valence-electron chi connectivity index (χ0n) is 11.7. The minimum atomic E-state index is -0.0731. The quantitative estimate of drug-likeness (QED) is 0.802. The van der Waals surface area contributed by atoms with E-state index in [4.69, 9.17) is 0 Å². The number of aromatic hydroxyl groups is 1. The van der Waals surface area contributed by atoms with Crippen molar-refractivity contribution in [3.05, 3.63) is 54.1 Å². The molecule has 3 N–H and O–H groups in total. The first-order valence-corrected chi connectivity index (χ1v) is 6.81. The van der Waals surface area contributed by atoms with Gasteiger partial charge in [0.05, 0.1) is 17.5 Å². The number of hydrogen-bond donors (Lipinski definition) is 3. The van der Waals surface area contributed by atoms with E-state index in [-0.39, 0.29) is 12.3 Å². The van der Waals surface area contributed by atoms with Crippen LogP contribution in [-0.2, 0) is 0 Å². The van der Waals surface area contributed by atoms with Gasteiger partial charge in [-0.1, -0.05) is 30.3 Å². The molecular weight excluding hydrogens is 250 g/mol. The van der Waals surface area contributed by atoms with E-state index in [0.29, 0.717) is 5.75 Å². The van der Waals surface area contributed by atoms with E-state index in [2.05, 4.69) is 34.6 Å². The van der Waals surface area contributed by atoms with Gasteiger partial charge in [-0.2, -0.15) is 0 Å². The van der Waals surface area contributed by atoms with Gasteiger partial charge in [0.1, 0.15) is 11.9 Å². The second-order valence-corrected chi connectivity index (χ2v) is 4.99. The number of rotatable bonds is 3. The molecule has 0 spiro atoms.